The Morgan fingerprint density at radius 2 is 2.26 bits per heavy atom. The van der Waals surface area contributed by atoms with Crippen LogP contribution in [0.2, 0.25) is 0 Å². The van der Waals surface area contributed by atoms with Gasteiger partial charge < -0.3 is 14.4 Å². The minimum absolute atomic E-state index is 0.0875. The fraction of sp³-hybridized carbons (Fsp3) is 0.385. The second-order valence-electron chi connectivity index (χ2n) is 3.95. The summed E-state index contributed by atoms with van der Waals surface area (Å²) >= 11 is 1.78. The van der Waals surface area contributed by atoms with Gasteiger partial charge in [-0.1, -0.05) is 12.1 Å². The Kier molecular flexibility index (Phi) is 4.68. The van der Waals surface area contributed by atoms with Crippen molar-refractivity contribution in [2.45, 2.75) is 19.1 Å². The van der Waals surface area contributed by atoms with E-state index in [4.69, 9.17) is 9.26 Å². The topological polar surface area (TPSA) is 68.4 Å². The van der Waals surface area contributed by atoms with Crippen molar-refractivity contribution in [2.75, 3.05) is 12.9 Å². The van der Waals surface area contributed by atoms with Gasteiger partial charge in [0.1, 0.15) is 0 Å². The molecule has 0 atom stereocenters. The third-order valence-corrected chi connectivity index (χ3v) is 3.63. The molecule has 0 bridgehead atoms. The third-order valence-electron chi connectivity index (χ3n) is 2.47. The highest BCUT2D eigenvalue weighted by molar-refractivity contribution is 7.98. The van der Waals surface area contributed by atoms with Crippen molar-refractivity contribution in [1.29, 1.82) is 0 Å². The number of phenolic OH excluding ortho intramolecular Hbond substituents is 1. The van der Waals surface area contributed by atoms with Gasteiger partial charge in [0.15, 0.2) is 17.3 Å². The van der Waals surface area contributed by atoms with Crippen LogP contribution in [-0.2, 0) is 5.75 Å². The maximum Gasteiger partial charge on any atom is 0.258 e. The molecule has 0 aliphatic rings. The minimum atomic E-state index is 0.0875. The summed E-state index contributed by atoms with van der Waals surface area (Å²) in [5.41, 5.74) is 0.730. The van der Waals surface area contributed by atoms with Gasteiger partial charge in [0.2, 0.25) is 0 Å². The number of ether oxygens (including phenoxy) is 1. The van der Waals surface area contributed by atoms with Crippen LogP contribution in [0.3, 0.4) is 0 Å². The molecule has 1 heterocycles. The van der Waals surface area contributed by atoms with Gasteiger partial charge in [0.05, 0.1) is 12.9 Å². The number of thioether (sulfide) groups is 1. The summed E-state index contributed by atoms with van der Waals surface area (Å²) in [5.74, 6) is 3.41. The van der Waals surface area contributed by atoms with E-state index in [1.54, 1.807) is 30.0 Å². The van der Waals surface area contributed by atoms with Crippen molar-refractivity contribution >= 4 is 11.8 Å². The maximum atomic E-state index is 9.54. The van der Waals surface area contributed by atoms with Crippen molar-refractivity contribution < 1.29 is 14.4 Å². The van der Waals surface area contributed by atoms with Crippen LogP contribution in [0.25, 0.3) is 11.5 Å². The van der Waals surface area contributed by atoms with Crippen molar-refractivity contribution in [2.24, 2.45) is 0 Å². The molecule has 0 aliphatic carbocycles. The van der Waals surface area contributed by atoms with E-state index in [2.05, 4.69) is 17.1 Å². The first-order chi connectivity index (χ1) is 9.24. The second-order valence-corrected chi connectivity index (χ2v) is 5.06. The third kappa shape index (κ3) is 3.41. The van der Waals surface area contributed by atoms with Gasteiger partial charge in [-0.3, -0.25) is 0 Å². The van der Waals surface area contributed by atoms with Gasteiger partial charge >= 0.3 is 0 Å². The zero-order valence-electron chi connectivity index (χ0n) is 10.9. The Labute approximate surface area is 116 Å². The molecule has 0 fully saturated rings. The standard InChI is InChI=1S/C13H16N2O3S/c1-3-6-19-8-12-14-13(18-15-12)9-4-5-10(16)11(7-9)17-2/h4-5,7,16H,3,6,8H2,1-2H3. The quantitative estimate of drug-likeness (QED) is 0.820. The van der Waals surface area contributed by atoms with Crippen LogP contribution in [0.15, 0.2) is 22.7 Å². The van der Waals surface area contributed by atoms with Crippen LogP contribution in [-0.4, -0.2) is 28.1 Å². The molecule has 0 saturated carbocycles. The molecule has 1 N–H and O–H groups in total. The van der Waals surface area contributed by atoms with Crippen LogP contribution >= 0.6 is 11.8 Å². The number of phenols is 1. The van der Waals surface area contributed by atoms with Gasteiger partial charge in [0, 0.05) is 5.56 Å². The lowest BCUT2D eigenvalue weighted by atomic mass is 10.2. The number of hydrogen-bond donors (Lipinski definition) is 1. The molecule has 0 aliphatic heterocycles. The number of nitrogens with zero attached hydrogens (tertiary/aromatic N) is 2. The highest BCUT2D eigenvalue weighted by Gasteiger charge is 2.11. The summed E-state index contributed by atoms with van der Waals surface area (Å²) in [6, 6.07) is 4.93. The summed E-state index contributed by atoms with van der Waals surface area (Å²) in [5, 5.41) is 13.5. The van der Waals surface area contributed by atoms with E-state index >= 15 is 0 Å². The Bertz CT molecular complexity index is 542. The molecule has 1 aromatic carbocycles. The van der Waals surface area contributed by atoms with Crippen LogP contribution < -0.4 is 4.74 Å². The van der Waals surface area contributed by atoms with Gasteiger partial charge in [-0.05, 0) is 30.4 Å². The second kappa shape index (κ2) is 6.47. The highest BCUT2D eigenvalue weighted by Crippen LogP contribution is 2.30. The molecule has 0 spiro atoms. The molecule has 2 aromatic rings. The summed E-state index contributed by atoms with van der Waals surface area (Å²) in [7, 11) is 1.50. The Hall–Kier alpha value is -1.69. The van der Waals surface area contributed by atoms with E-state index in [9.17, 15) is 5.11 Å². The molecule has 19 heavy (non-hydrogen) atoms. The monoisotopic (exact) mass is 280 g/mol. The molecule has 102 valence electrons. The van der Waals surface area contributed by atoms with E-state index in [1.165, 1.54) is 7.11 Å². The smallest absolute Gasteiger partial charge is 0.258 e. The zero-order chi connectivity index (χ0) is 13.7. The molecule has 6 heteroatoms. The number of aromatic hydroxyl groups is 1. The molecule has 0 amide bonds. The summed E-state index contributed by atoms with van der Waals surface area (Å²) in [6.45, 7) is 2.14. The predicted molar refractivity (Wildman–Crippen MR) is 74.4 cm³/mol. The van der Waals surface area contributed by atoms with Crippen molar-refractivity contribution in [3.05, 3.63) is 24.0 Å². The lowest BCUT2D eigenvalue weighted by molar-refractivity contribution is 0.373. The fourth-order valence-corrected chi connectivity index (χ4v) is 2.28. The summed E-state index contributed by atoms with van der Waals surface area (Å²) in [4.78, 5) is 4.32. The average Bonchev–Trinajstić information content (AvgIpc) is 2.88. The SMILES string of the molecule is CCCSCc1noc(-c2ccc(O)c(OC)c2)n1. The molecule has 0 unspecified atom stereocenters. The first kappa shape index (κ1) is 13.7. The van der Waals surface area contributed by atoms with Crippen molar-refractivity contribution in [1.82, 2.24) is 10.1 Å². The zero-order valence-corrected chi connectivity index (χ0v) is 11.7. The van der Waals surface area contributed by atoms with Gasteiger partial charge in [-0.25, -0.2) is 0 Å². The highest BCUT2D eigenvalue weighted by atomic mass is 32.2. The number of methoxy groups -OCH3 is 1. The number of benzene rings is 1. The van der Waals surface area contributed by atoms with E-state index in [0.717, 1.165) is 23.5 Å². The Balaban J connectivity index is 2.13. The van der Waals surface area contributed by atoms with Crippen LogP contribution in [0.1, 0.15) is 19.2 Å². The molecule has 2 rings (SSSR count). The van der Waals surface area contributed by atoms with Gasteiger partial charge in [-0.15, -0.1) is 0 Å². The number of aromatic nitrogens is 2. The normalized spacial score (nSPS) is 10.6. The van der Waals surface area contributed by atoms with E-state index in [1.807, 2.05) is 0 Å². The van der Waals surface area contributed by atoms with E-state index in [-0.39, 0.29) is 5.75 Å². The largest absolute Gasteiger partial charge is 0.504 e. The summed E-state index contributed by atoms with van der Waals surface area (Å²) < 4.78 is 10.3. The predicted octanol–water partition coefficient (Wildman–Crippen LogP) is 3.09. The van der Waals surface area contributed by atoms with Crippen LogP contribution in [0.5, 0.6) is 11.5 Å². The first-order valence-corrected chi connectivity index (χ1v) is 7.17. The Morgan fingerprint density at radius 3 is 3.00 bits per heavy atom. The van der Waals surface area contributed by atoms with E-state index in [0.29, 0.717) is 17.5 Å². The first-order valence-electron chi connectivity index (χ1n) is 6.02. The van der Waals surface area contributed by atoms with Gasteiger partial charge in [0.25, 0.3) is 5.89 Å². The molecular formula is C13H16N2O3S. The average molecular weight is 280 g/mol. The van der Waals surface area contributed by atoms with Crippen molar-refractivity contribution in [3.8, 4) is 23.0 Å². The maximum absolute atomic E-state index is 9.54. The molecule has 0 radical (unpaired) electrons. The van der Waals surface area contributed by atoms with Crippen molar-refractivity contribution in [3.63, 3.8) is 0 Å². The lowest BCUT2D eigenvalue weighted by Gasteiger charge is -2.03. The molecule has 5 nitrogen and oxygen atoms in total. The molecule has 0 saturated heterocycles. The fourth-order valence-electron chi connectivity index (χ4n) is 1.55. The van der Waals surface area contributed by atoms with Gasteiger partial charge in [-0.2, -0.15) is 16.7 Å². The number of hydrogen-bond acceptors (Lipinski definition) is 6. The minimum Gasteiger partial charge on any atom is -0.504 e. The van der Waals surface area contributed by atoms with E-state index < -0.39 is 0 Å². The van der Waals surface area contributed by atoms with Crippen LogP contribution in [0, 0.1) is 0 Å². The summed E-state index contributed by atoms with van der Waals surface area (Å²) in [6.07, 6.45) is 1.13. The molecule has 1 aromatic heterocycles. The number of rotatable bonds is 6. The van der Waals surface area contributed by atoms with Crippen LogP contribution in [0.4, 0.5) is 0 Å². The molecular weight excluding hydrogens is 264 g/mol. The Morgan fingerprint density at radius 1 is 1.42 bits per heavy atom. The lowest BCUT2D eigenvalue weighted by Crippen LogP contribution is -1.87.